The molecule has 1 aliphatic heterocycles. The summed E-state index contributed by atoms with van der Waals surface area (Å²) in [5.74, 6) is 0. The Morgan fingerprint density at radius 3 is 2.35 bits per heavy atom. The number of nitro benzene ring substituents is 1. The number of hydrogen-bond acceptors (Lipinski definition) is 4. The Morgan fingerprint density at radius 2 is 1.62 bits per heavy atom. The quantitative estimate of drug-likeness (QED) is 0.520. The molecule has 0 amide bonds. The Balaban J connectivity index is 1.77. The van der Waals surface area contributed by atoms with Crippen LogP contribution in [0.5, 0.6) is 0 Å². The highest BCUT2D eigenvalue weighted by Gasteiger charge is 2.21. The molecule has 1 N–H and O–H groups in total. The number of rotatable bonds is 3. The van der Waals surface area contributed by atoms with E-state index in [-0.39, 0.29) is 16.7 Å². The van der Waals surface area contributed by atoms with Gasteiger partial charge in [-0.1, -0.05) is 42.5 Å². The van der Waals surface area contributed by atoms with Crippen LogP contribution in [0.2, 0.25) is 0 Å². The van der Waals surface area contributed by atoms with Crippen LogP contribution in [0.15, 0.2) is 83.9 Å². The van der Waals surface area contributed by atoms with Crippen molar-refractivity contribution in [3.05, 3.63) is 100 Å². The van der Waals surface area contributed by atoms with Crippen molar-refractivity contribution in [3.8, 4) is 0 Å². The SMILES string of the molecule is O=[N+]([O-])c1ccc(C2=Nc3ccccc3NC(c3ccccc3)C2)cc1. The van der Waals surface area contributed by atoms with Crippen LogP contribution in [0.4, 0.5) is 17.1 Å². The molecule has 1 heterocycles. The molecule has 0 aromatic heterocycles. The van der Waals surface area contributed by atoms with Gasteiger partial charge in [0.15, 0.2) is 0 Å². The highest BCUT2D eigenvalue weighted by Crippen LogP contribution is 2.35. The number of aliphatic imine (C=N–C) groups is 1. The average molecular weight is 343 g/mol. The first-order valence-corrected chi connectivity index (χ1v) is 8.43. The van der Waals surface area contributed by atoms with Crippen LogP contribution in [0, 0.1) is 10.1 Å². The Morgan fingerprint density at radius 1 is 0.923 bits per heavy atom. The molecule has 0 fully saturated rings. The second-order valence-corrected chi connectivity index (χ2v) is 6.19. The minimum absolute atomic E-state index is 0.0776. The van der Waals surface area contributed by atoms with Gasteiger partial charge in [-0.2, -0.15) is 0 Å². The van der Waals surface area contributed by atoms with E-state index in [2.05, 4.69) is 17.4 Å². The van der Waals surface area contributed by atoms with Gasteiger partial charge < -0.3 is 5.32 Å². The number of non-ortho nitro benzene ring substituents is 1. The van der Waals surface area contributed by atoms with Gasteiger partial charge in [0.25, 0.3) is 5.69 Å². The summed E-state index contributed by atoms with van der Waals surface area (Å²) < 4.78 is 0. The van der Waals surface area contributed by atoms with E-state index in [0.29, 0.717) is 6.42 Å². The molecule has 0 spiro atoms. The van der Waals surface area contributed by atoms with Crippen molar-refractivity contribution in [1.29, 1.82) is 0 Å². The zero-order valence-corrected chi connectivity index (χ0v) is 14.0. The topological polar surface area (TPSA) is 67.5 Å². The van der Waals surface area contributed by atoms with Gasteiger partial charge in [-0.3, -0.25) is 15.1 Å². The average Bonchev–Trinajstić information content (AvgIpc) is 2.88. The first kappa shape index (κ1) is 16.0. The largest absolute Gasteiger partial charge is 0.376 e. The lowest BCUT2D eigenvalue weighted by molar-refractivity contribution is -0.384. The monoisotopic (exact) mass is 343 g/mol. The van der Waals surface area contributed by atoms with Gasteiger partial charge in [-0.25, -0.2) is 0 Å². The number of fused-ring (bicyclic) bond motifs is 1. The molecule has 26 heavy (non-hydrogen) atoms. The number of nitrogens with zero attached hydrogens (tertiary/aromatic N) is 2. The van der Waals surface area contributed by atoms with E-state index in [4.69, 9.17) is 4.99 Å². The van der Waals surface area contributed by atoms with Gasteiger partial charge in [0.2, 0.25) is 0 Å². The second kappa shape index (κ2) is 6.80. The summed E-state index contributed by atoms with van der Waals surface area (Å²) in [6, 6.07) is 24.9. The molecule has 0 bridgehead atoms. The van der Waals surface area contributed by atoms with Crippen LogP contribution in [0.3, 0.4) is 0 Å². The van der Waals surface area contributed by atoms with Gasteiger partial charge in [0, 0.05) is 18.6 Å². The zero-order valence-electron chi connectivity index (χ0n) is 14.0. The lowest BCUT2D eigenvalue weighted by atomic mass is 9.97. The van der Waals surface area contributed by atoms with Gasteiger partial charge in [0.05, 0.1) is 28.1 Å². The normalized spacial score (nSPS) is 16.0. The molecule has 5 nitrogen and oxygen atoms in total. The van der Waals surface area contributed by atoms with E-state index < -0.39 is 0 Å². The predicted molar refractivity (Wildman–Crippen MR) is 103 cm³/mol. The third kappa shape index (κ3) is 3.19. The number of nitrogens with one attached hydrogen (secondary N) is 1. The van der Waals surface area contributed by atoms with E-state index >= 15 is 0 Å². The van der Waals surface area contributed by atoms with Gasteiger partial charge in [-0.05, 0) is 35.4 Å². The first-order valence-electron chi connectivity index (χ1n) is 8.43. The zero-order chi connectivity index (χ0) is 17.9. The lowest BCUT2D eigenvalue weighted by Crippen LogP contribution is -2.14. The maximum absolute atomic E-state index is 10.9. The van der Waals surface area contributed by atoms with Crippen LogP contribution >= 0.6 is 0 Å². The van der Waals surface area contributed by atoms with E-state index in [1.165, 1.54) is 17.7 Å². The fourth-order valence-electron chi connectivity index (χ4n) is 3.16. The first-order chi connectivity index (χ1) is 12.7. The van der Waals surface area contributed by atoms with Crippen molar-refractivity contribution < 1.29 is 4.92 Å². The molecule has 0 saturated heterocycles. The standard InChI is InChI=1S/C21H17N3O2/c25-24(26)17-12-10-16(11-13-17)21-14-20(15-6-2-1-3-7-15)22-18-8-4-5-9-19(18)23-21/h1-13,20,22H,14H2. The van der Waals surface area contributed by atoms with Crippen LogP contribution in [0.25, 0.3) is 0 Å². The van der Waals surface area contributed by atoms with Crippen LogP contribution in [-0.2, 0) is 0 Å². The molecule has 3 aromatic rings. The molecule has 0 aliphatic carbocycles. The molecule has 0 saturated carbocycles. The molecule has 5 heteroatoms. The summed E-state index contributed by atoms with van der Waals surface area (Å²) >= 11 is 0. The highest BCUT2D eigenvalue weighted by molar-refractivity contribution is 6.04. The van der Waals surface area contributed by atoms with Crippen molar-refractivity contribution in [2.75, 3.05) is 5.32 Å². The van der Waals surface area contributed by atoms with Crippen LogP contribution in [-0.4, -0.2) is 10.6 Å². The fourth-order valence-corrected chi connectivity index (χ4v) is 3.16. The van der Waals surface area contributed by atoms with Crippen molar-refractivity contribution in [3.63, 3.8) is 0 Å². The third-order valence-corrected chi connectivity index (χ3v) is 4.50. The minimum Gasteiger partial charge on any atom is -0.376 e. The molecule has 4 rings (SSSR count). The summed E-state index contributed by atoms with van der Waals surface area (Å²) in [6.07, 6.45) is 0.691. The molecular weight excluding hydrogens is 326 g/mol. The second-order valence-electron chi connectivity index (χ2n) is 6.19. The molecule has 1 atom stereocenters. The van der Waals surface area contributed by atoms with Gasteiger partial charge >= 0.3 is 0 Å². The molecule has 0 radical (unpaired) electrons. The smallest absolute Gasteiger partial charge is 0.269 e. The Bertz CT molecular complexity index is 966. The summed E-state index contributed by atoms with van der Waals surface area (Å²) in [5, 5.41) is 14.5. The molecule has 3 aromatic carbocycles. The number of para-hydroxylation sites is 2. The maximum Gasteiger partial charge on any atom is 0.269 e. The van der Waals surface area contributed by atoms with E-state index in [1.54, 1.807) is 12.1 Å². The number of hydrogen-bond donors (Lipinski definition) is 1. The highest BCUT2D eigenvalue weighted by atomic mass is 16.6. The summed E-state index contributed by atoms with van der Waals surface area (Å²) in [6.45, 7) is 0. The van der Waals surface area contributed by atoms with Crippen molar-refractivity contribution in [2.24, 2.45) is 4.99 Å². The van der Waals surface area contributed by atoms with E-state index in [1.807, 2.05) is 42.5 Å². The Hall–Kier alpha value is -3.47. The number of benzene rings is 3. The Labute approximate surface area is 151 Å². The minimum atomic E-state index is -0.387. The third-order valence-electron chi connectivity index (χ3n) is 4.50. The Kier molecular flexibility index (Phi) is 4.19. The van der Waals surface area contributed by atoms with E-state index in [0.717, 1.165) is 22.6 Å². The van der Waals surface area contributed by atoms with Gasteiger partial charge in [-0.15, -0.1) is 0 Å². The number of nitro groups is 1. The maximum atomic E-state index is 10.9. The van der Waals surface area contributed by atoms with Crippen molar-refractivity contribution in [2.45, 2.75) is 12.5 Å². The van der Waals surface area contributed by atoms with Crippen LogP contribution < -0.4 is 5.32 Å². The van der Waals surface area contributed by atoms with Gasteiger partial charge in [0.1, 0.15) is 0 Å². The molecule has 1 unspecified atom stereocenters. The lowest BCUT2D eigenvalue weighted by Gasteiger charge is -2.19. The molecule has 128 valence electrons. The van der Waals surface area contributed by atoms with Crippen LogP contribution in [0.1, 0.15) is 23.6 Å². The van der Waals surface area contributed by atoms with Crippen molar-refractivity contribution >= 4 is 22.8 Å². The molecule has 1 aliphatic rings. The summed E-state index contributed by atoms with van der Waals surface area (Å²) in [5.41, 5.74) is 4.93. The number of anilines is 1. The summed E-state index contributed by atoms with van der Waals surface area (Å²) in [4.78, 5) is 15.4. The summed E-state index contributed by atoms with van der Waals surface area (Å²) in [7, 11) is 0. The fraction of sp³-hybridized carbons (Fsp3) is 0.0952. The van der Waals surface area contributed by atoms with E-state index in [9.17, 15) is 10.1 Å². The van der Waals surface area contributed by atoms with Crippen molar-refractivity contribution in [1.82, 2.24) is 0 Å². The molecular formula is C21H17N3O2. The predicted octanol–water partition coefficient (Wildman–Crippen LogP) is 5.27.